The second-order valence-electron chi connectivity index (χ2n) is 7.48. The molecule has 0 unspecified atom stereocenters. The van der Waals surface area contributed by atoms with Gasteiger partial charge in [0.2, 0.25) is 0 Å². The van der Waals surface area contributed by atoms with E-state index in [9.17, 15) is 0 Å². The number of hydrogen-bond acceptors (Lipinski definition) is 7. The van der Waals surface area contributed by atoms with Gasteiger partial charge in [-0.05, 0) is 37.0 Å². The molecule has 1 radical (unpaired) electrons. The summed E-state index contributed by atoms with van der Waals surface area (Å²) < 4.78 is 0. The van der Waals surface area contributed by atoms with Crippen molar-refractivity contribution in [2.24, 2.45) is 10.3 Å². The van der Waals surface area contributed by atoms with E-state index in [1.807, 2.05) is 73.1 Å². The number of nitrogens with zero attached hydrogens (tertiary/aromatic N) is 3. The summed E-state index contributed by atoms with van der Waals surface area (Å²) in [4.78, 5) is 5.77. The Bertz CT molecular complexity index is 865. The molecule has 2 aromatic carbocycles. The molecule has 0 saturated heterocycles. The Morgan fingerprint density at radius 2 is 1.03 bits per heavy atom. The quantitative estimate of drug-likeness (QED) is 0.169. The van der Waals surface area contributed by atoms with Crippen molar-refractivity contribution in [3.63, 3.8) is 0 Å². The minimum atomic E-state index is 0. The predicted molar refractivity (Wildman–Crippen MR) is 137 cm³/mol. The number of rotatable bonds is 1. The average Bonchev–Trinajstić information content (AvgIpc) is 2.80. The fourth-order valence-corrected chi connectivity index (χ4v) is 2.15. The molecule has 33 heavy (non-hydrogen) atoms. The van der Waals surface area contributed by atoms with Crippen LogP contribution in [-0.2, 0) is 47.5 Å². The molecule has 1 aromatic heterocycles. The minimum absolute atomic E-state index is 0. The van der Waals surface area contributed by atoms with Gasteiger partial charge < -0.3 is 35.7 Å². The summed E-state index contributed by atoms with van der Waals surface area (Å²) in [5, 5.41) is 21.6. The van der Waals surface area contributed by atoms with E-state index in [-0.39, 0.29) is 22.2 Å². The molecular weight excluding hydrogens is 497 g/mol. The van der Waals surface area contributed by atoms with Crippen LogP contribution in [0.25, 0.3) is 0 Å². The molecule has 8 heteroatoms. The van der Waals surface area contributed by atoms with E-state index in [1.165, 1.54) is 19.4 Å². The fourth-order valence-electron chi connectivity index (χ4n) is 1.84. The predicted octanol–water partition coefficient (Wildman–Crippen LogP) is 6.25. The Labute approximate surface area is 219 Å². The van der Waals surface area contributed by atoms with E-state index >= 15 is 0 Å². The molecule has 0 amide bonds. The fraction of sp³-hybridized carbons (Fsp3) is 0.240. The van der Waals surface area contributed by atoms with E-state index in [0.29, 0.717) is 11.4 Å². The first-order valence-corrected chi connectivity index (χ1v) is 10.7. The van der Waals surface area contributed by atoms with Crippen LogP contribution in [0.15, 0.2) is 105 Å². The molecule has 0 saturated carbocycles. The Balaban J connectivity index is 0. The third-order valence-corrected chi connectivity index (χ3v) is 4.40. The normalized spacial score (nSPS) is 10.6. The summed E-state index contributed by atoms with van der Waals surface area (Å²) >= 11 is 9.62. The topological polar surface area (TPSA) is 78.1 Å². The number of benzene rings is 2. The number of pyridine rings is 1. The summed E-state index contributed by atoms with van der Waals surface area (Å²) in [6, 6.07) is 23.3. The smallest absolute Gasteiger partial charge is 0.780 e. The molecule has 0 bridgehead atoms. The molecule has 179 valence electrons. The summed E-state index contributed by atoms with van der Waals surface area (Å²) in [5.74, 6) is 0. The summed E-state index contributed by atoms with van der Waals surface area (Å²) in [6.45, 7) is 9.66. The van der Waals surface area contributed by atoms with Gasteiger partial charge in [-0.2, -0.15) is 9.79 Å². The van der Waals surface area contributed by atoms with Gasteiger partial charge in [0.15, 0.2) is 0 Å². The minimum Gasteiger partial charge on any atom is -0.780 e. The standard InChI is InChI=1S/C9H13N.2C6H6S.C4H8N2O2.Co/c1-9(2,3)8-4-6-10-7-5-8;2*7-6-4-2-1-3-5-6;1-3(5-7)4(2)6-8;/h4-7H,1-3H3;2*1-5,7H;7-8H,1-2H3;/q;;;;+2/p-2. The Hall–Kier alpha value is -2.52. The molecular formula is C25H31CoN3O2S2. The zero-order valence-corrected chi connectivity index (χ0v) is 22.1. The molecule has 3 aromatic rings. The summed E-state index contributed by atoms with van der Waals surface area (Å²) in [7, 11) is 0. The van der Waals surface area contributed by atoms with Crippen LogP contribution in [0, 0.1) is 0 Å². The first kappa shape index (κ1) is 32.7. The number of oxime groups is 2. The Morgan fingerprint density at radius 1 is 0.697 bits per heavy atom. The van der Waals surface area contributed by atoms with Gasteiger partial charge in [-0.25, -0.2) is 0 Å². The van der Waals surface area contributed by atoms with Crippen LogP contribution in [0.4, 0.5) is 0 Å². The summed E-state index contributed by atoms with van der Waals surface area (Å²) in [5.41, 5.74) is 2.21. The van der Waals surface area contributed by atoms with Crippen LogP contribution in [0.1, 0.15) is 40.2 Å². The number of hydrogen-bond donors (Lipinski definition) is 2. The molecule has 5 nitrogen and oxygen atoms in total. The third kappa shape index (κ3) is 17.7. The maximum Gasteiger partial charge on any atom is 2.00 e. The molecule has 0 atom stereocenters. The first-order chi connectivity index (χ1) is 15.1. The Kier molecular flexibility index (Phi) is 18.8. The van der Waals surface area contributed by atoms with E-state index in [0.717, 1.165) is 9.79 Å². The van der Waals surface area contributed by atoms with Gasteiger partial charge in [-0.1, -0.05) is 91.7 Å². The second kappa shape index (κ2) is 19.0. The molecule has 0 aliphatic carbocycles. The third-order valence-electron chi connectivity index (χ3n) is 3.86. The van der Waals surface area contributed by atoms with Crippen molar-refractivity contribution in [2.75, 3.05) is 0 Å². The van der Waals surface area contributed by atoms with Crippen molar-refractivity contribution in [3.05, 3.63) is 90.8 Å². The molecule has 0 fully saturated rings. The van der Waals surface area contributed by atoms with Crippen molar-refractivity contribution in [1.29, 1.82) is 0 Å². The van der Waals surface area contributed by atoms with Crippen LogP contribution >= 0.6 is 0 Å². The van der Waals surface area contributed by atoms with Gasteiger partial charge in [-0.3, -0.25) is 4.98 Å². The van der Waals surface area contributed by atoms with Gasteiger partial charge in [0.1, 0.15) is 11.4 Å². The van der Waals surface area contributed by atoms with Crippen LogP contribution < -0.4 is 0 Å². The molecule has 0 aliphatic rings. The van der Waals surface area contributed by atoms with Crippen molar-refractivity contribution in [1.82, 2.24) is 4.98 Å². The summed E-state index contributed by atoms with van der Waals surface area (Å²) in [6.07, 6.45) is 3.67. The van der Waals surface area contributed by atoms with Gasteiger partial charge in [0.05, 0.1) is 0 Å². The van der Waals surface area contributed by atoms with Gasteiger partial charge >= 0.3 is 16.8 Å². The van der Waals surface area contributed by atoms with Gasteiger partial charge in [0.25, 0.3) is 0 Å². The first-order valence-electron chi connectivity index (χ1n) is 9.84. The van der Waals surface area contributed by atoms with Gasteiger partial charge in [0, 0.05) is 12.4 Å². The van der Waals surface area contributed by atoms with Crippen LogP contribution in [0.2, 0.25) is 0 Å². The van der Waals surface area contributed by atoms with Crippen LogP contribution in [0.5, 0.6) is 0 Å². The second-order valence-corrected chi connectivity index (χ2v) is 8.43. The molecule has 0 aliphatic heterocycles. The van der Waals surface area contributed by atoms with Crippen molar-refractivity contribution >= 4 is 36.7 Å². The van der Waals surface area contributed by atoms with Crippen molar-refractivity contribution in [2.45, 2.75) is 49.8 Å². The van der Waals surface area contributed by atoms with E-state index < -0.39 is 0 Å². The number of aromatic nitrogens is 1. The molecule has 1 heterocycles. The monoisotopic (exact) mass is 528 g/mol. The maximum absolute atomic E-state index is 8.03. The van der Waals surface area contributed by atoms with Crippen LogP contribution in [-0.4, -0.2) is 26.8 Å². The maximum atomic E-state index is 8.03. The molecule has 2 N–H and O–H groups in total. The Morgan fingerprint density at radius 3 is 1.21 bits per heavy atom. The van der Waals surface area contributed by atoms with Gasteiger partial charge in [-0.15, -0.1) is 0 Å². The van der Waals surface area contributed by atoms with Crippen LogP contribution in [0.3, 0.4) is 0 Å². The molecule has 3 rings (SSSR count). The van der Waals surface area contributed by atoms with E-state index in [1.54, 1.807) is 0 Å². The van der Waals surface area contributed by atoms with Crippen molar-refractivity contribution in [3.8, 4) is 0 Å². The SMILES string of the molecule is CC(=NO)C(C)=NO.CC(C)(C)c1ccncc1.[Co+2].[S-]c1ccccc1.[S-]c1ccccc1. The largest absolute Gasteiger partial charge is 2.00 e. The van der Waals surface area contributed by atoms with E-state index in [2.05, 4.69) is 48.2 Å². The van der Waals surface area contributed by atoms with Crippen molar-refractivity contribution < 1.29 is 27.2 Å². The molecule has 0 spiro atoms. The zero-order valence-electron chi connectivity index (χ0n) is 19.5. The zero-order chi connectivity index (χ0) is 24.4. The average molecular weight is 529 g/mol. The van der Waals surface area contributed by atoms with E-state index in [4.69, 9.17) is 35.7 Å².